The van der Waals surface area contributed by atoms with Gasteiger partial charge in [-0.2, -0.15) is 5.26 Å². The smallest absolute Gasteiger partial charge is 0.101 e. The summed E-state index contributed by atoms with van der Waals surface area (Å²) >= 11 is 0. The maximum Gasteiger partial charge on any atom is 0.101 e. The van der Waals surface area contributed by atoms with E-state index >= 15 is 0 Å². The standard InChI is InChI=1S/C12H7N2/c13-7-10-6-12(9-14-8-10)11-4-2-1-3-5-11/h2-6,8-9H. The second kappa shape index (κ2) is 3.71. The van der Waals surface area contributed by atoms with Gasteiger partial charge >= 0.3 is 0 Å². The summed E-state index contributed by atoms with van der Waals surface area (Å²) in [5.74, 6) is 0. The van der Waals surface area contributed by atoms with E-state index in [4.69, 9.17) is 5.26 Å². The van der Waals surface area contributed by atoms with Crippen molar-refractivity contribution >= 4 is 0 Å². The minimum absolute atomic E-state index is 0.579. The van der Waals surface area contributed by atoms with Crippen LogP contribution in [0.25, 0.3) is 11.1 Å². The zero-order chi connectivity index (χ0) is 9.80. The van der Waals surface area contributed by atoms with Gasteiger partial charge in [-0.05, 0) is 17.7 Å². The molecule has 0 fully saturated rings. The molecule has 1 heterocycles. The van der Waals surface area contributed by atoms with Crippen molar-refractivity contribution in [3.8, 4) is 17.2 Å². The Bertz CT molecular complexity index is 469. The lowest BCUT2D eigenvalue weighted by atomic mass is 10.1. The van der Waals surface area contributed by atoms with E-state index in [0.717, 1.165) is 11.1 Å². The Kier molecular flexibility index (Phi) is 2.24. The van der Waals surface area contributed by atoms with Crippen molar-refractivity contribution in [1.29, 1.82) is 5.26 Å². The Hall–Kier alpha value is -2.14. The van der Waals surface area contributed by atoms with Gasteiger partial charge < -0.3 is 0 Å². The molecule has 2 nitrogen and oxygen atoms in total. The molecule has 2 heteroatoms. The van der Waals surface area contributed by atoms with Crippen LogP contribution in [0, 0.1) is 17.4 Å². The highest BCUT2D eigenvalue weighted by Gasteiger charge is 1.97. The van der Waals surface area contributed by atoms with E-state index in [9.17, 15) is 0 Å². The molecular weight excluding hydrogens is 172 g/mol. The third-order valence-corrected chi connectivity index (χ3v) is 1.92. The number of nitriles is 1. The van der Waals surface area contributed by atoms with Gasteiger partial charge in [0.25, 0.3) is 0 Å². The van der Waals surface area contributed by atoms with E-state index < -0.39 is 0 Å². The summed E-state index contributed by atoms with van der Waals surface area (Å²) in [7, 11) is 0. The van der Waals surface area contributed by atoms with Crippen molar-refractivity contribution < 1.29 is 0 Å². The average molecular weight is 179 g/mol. The molecule has 14 heavy (non-hydrogen) atoms. The van der Waals surface area contributed by atoms with E-state index in [2.05, 4.69) is 17.1 Å². The first-order valence-electron chi connectivity index (χ1n) is 4.22. The molecule has 0 atom stereocenters. The van der Waals surface area contributed by atoms with E-state index in [1.165, 1.54) is 0 Å². The van der Waals surface area contributed by atoms with Gasteiger partial charge in [-0.25, -0.2) is 0 Å². The maximum absolute atomic E-state index is 8.71. The summed E-state index contributed by atoms with van der Waals surface area (Å²) in [5.41, 5.74) is 2.58. The van der Waals surface area contributed by atoms with E-state index in [1.54, 1.807) is 12.4 Å². The Morgan fingerprint density at radius 1 is 1.14 bits per heavy atom. The summed E-state index contributed by atoms with van der Waals surface area (Å²) < 4.78 is 0. The van der Waals surface area contributed by atoms with Gasteiger partial charge in [0.05, 0.1) is 5.56 Å². The molecule has 0 aliphatic rings. The van der Waals surface area contributed by atoms with Crippen LogP contribution in [0.3, 0.4) is 0 Å². The Balaban J connectivity index is 2.49. The van der Waals surface area contributed by atoms with Crippen LogP contribution in [-0.2, 0) is 0 Å². The molecule has 2 rings (SSSR count). The van der Waals surface area contributed by atoms with Crippen molar-refractivity contribution in [3.63, 3.8) is 0 Å². The normalized spacial score (nSPS) is 9.36. The first kappa shape index (κ1) is 8.46. The lowest BCUT2D eigenvalue weighted by Gasteiger charge is -1.99. The summed E-state index contributed by atoms with van der Waals surface area (Å²) in [6.07, 6.45) is 3.30. The van der Waals surface area contributed by atoms with Gasteiger partial charge in [-0.15, -0.1) is 0 Å². The van der Waals surface area contributed by atoms with Crippen LogP contribution in [0.5, 0.6) is 0 Å². The van der Waals surface area contributed by atoms with Gasteiger partial charge in [0.2, 0.25) is 0 Å². The van der Waals surface area contributed by atoms with Crippen molar-refractivity contribution in [2.24, 2.45) is 0 Å². The number of pyridine rings is 1. The monoisotopic (exact) mass is 179 g/mol. The predicted octanol–water partition coefficient (Wildman–Crippen LogP) is 2.42. The first-order valence-corrected chi connectivity index (χ1v) is 4.22. The average Bonchev–Trinajstić information content (AvgIpc) is 2.30. The molecule has 1 aromatic carbocycles. The fraction of sp³-hybridized carbons (Fsp3) is 0. The van der Waals surface area contributed by atoms with E-state index in [-0.39, 0.29) is 0 Å². The molecule has 0 N–H and O–H groups in total. The second-order valence-corrected chi connectivity index (χ2v) is 2.86. The molecule has 1 radical (unpaired) electrons. The fourth-order valence-corrected chi connectivity index (χ4v) is 1.24. The zero-order valence-corrected chi connectivity index (χ0v) is 7.44. The summed E-state index contributed by atoms with van der Waals surface area (Å²) in [6.45, 7) is 0. The second-order valence-electron chi connectivity index (χ2n) is 2.86. The Labute approximate surface area is 82.5 Å². The third kappa shape index (κ3) is 1.62. The largest absolute Gasteiger partial charge is 0.263 e. The quantitative estimate of drug-likeness (QED) is 0.674. The molecule has 2 aromatic rings. The SMILES string of the molecule is N#Cc1cncc(-c2cc[c]cc2)c1. The van der Waals surface area contributed by atoms with Crippen LogP contribution >= 0.6 is 0 Å². The lowest BCUT2D eigenvalue weighted by molar-refractivity contribution is 1.30. The van der Waals surface area contributed by atoms with Crippen LogP contribution in [0.1, 0.15) is 5.56 Å². The molecular formula is C12H7N2. The fourth-order valence-electron chi connectivity index (χ4n) is 1.24. The zero-order valence-electron chi connectivity index (χ0n) is 7.44. The highest BCUT2D eigenvalue weighted by molar-refractivity contribution is 5.63. The van der Waals surface area contributed by atoms with Crippen LogP contribution in [-0.4, -0.2) is 4.98 Å². The Morgan fingerprint density at radius 2 is 1.93 bits per heavy atom. The van der Waals surface area contributed by atoms with Gasteiger partial charge in [0.15, 0.2) is 0 Å². The molecule has 0 aliphatic heterocycles. The van der Waals surface area contributed by atoms with E-state index in [1.807, 2.05) is 30.3 Å². The van der Waals surface area contributed by atoms with Gasteiger partial charge in [-0.1, -0.05) is 24.3 Å². The van der Waals surface area contributed by atoms with Crippen LogP contribution in [0.2, 0.25) is 0 Å². The van der Waals surface area contributed by atoms with Crippen molar-refractivity contribution in [2.45, 2.75) is 0 Å². The summed E-state index contributed by atoms with van der Waals surface area (Å²) in [4.78, 5) is 4.00. The van der Waals surface area contributed by atoms with Crippen molar-refractivity contribution in [3.05, 3.63) is 54.4 Å². The highest BCUT2D eigenvalue weighted by atomic mass is 14.6. The molecule has 0 spiro atoms. The van der Waals surface area contributed by atoms with Crippen molar-refractivity contribution in [1.82, 2.24) is 4.98 Å². The van der Waals surface area contributed by atoms with Gasteiger partial charge in [0.1, 0.15) is 6.07 Å². The highest BCUT2D eigenvalue weighted by Crippen LogP contribution is 2.17. The van der Waals surface area contributed by atoms with Crippen LogP contribution < -0.4 is 0 Å². The number of hydrogen-bond acceptors (Lipinski definition) is 2. The summed E-state index contributed by atoms with van der Waals surface area (Å²) in [6, 6.07) is 14.4. The maximum atomic E-state index is 8.71. The number of aromatic nitrogens is 1. The number of nitrogens with zero attached hydrogens (tertiary/aromatic N) is 2. The first-order chi connectivity index (χ1) is 6.90. The third-order valence-electron chi connectivity index (χ3n) is 1.92. The Morgan fingerprint density at radius 3 is 2.64 bits per heavy atom. The topological polar surface area (TPSA) is 36.7 Å². The molecule has 0 unspecified atom stereocenters. The van der Waals surface area contributed by atoms with Gasteiger partial charge in [0, 0.05) is 18.0 Å². The van der Waals surface area contributed by atoms with E-state index in [0.29, 0.717) is 5.56 Å². The molecule has 0 amide bonds. The molecule has 0 saturated heterocycles. The molecule has 0 bridgehead atoms. The number of rotatable bonds is 1. The lowest BCUT2D eigenvalue weighted by Crippen LogP contribution is -1.82. The predicted molar refractivity (Wildman–Crippen MR) is 53.2 cm³/mol. The summed E-state index contributed by atoms with van der Waals surface area (Å²) in [5, 5.41) is 8.71. The molecule has 65 valence electrons. The van der Waals surface area contributed by atoms with Crippen molar-refractivity contribution in [2.75, 3.05) is 0 Å². The number of hydrogen-bond donors (Lipinski definition) is 0. The molecule has 1 aromatic heterocycles. The van der Waals surface area contributed by atoms with Crippen LogP contribution in [0.15, 0.2) is 42.7 Å². The minimum Gasteiger partial charge on any atom is -0.263 e. The molecule has 0 saturated carbocycles. The minimum atomic E-state index is 0.579. The molecule has 0 aliphatic carbocycles. The number of benzene rings is 1. The van der Waals surface area contributed by atoms with Gasteiger partial charge in [-0.3, -0.25) is 4.98 Å². The van der Waals surface area contributed by atoms with Crippen LogP contribution in [0.4, 0.5) is 0 Å².